The summed E-state index contributed by atoms with van der Waals surface area (Å²) in [6, 6.07) is 18.2. The molecule has 0 radical (unpaired) electrons. The van der Waals surface area contributed by atoms with Gasteiger partial charge in [-0.15, -0.1) is 0 Å². The van der Waals surface area contributed by atoms with Crippen LogP contribution in [0.2, 0.25) is 0 Å². The molecule has 1 fully saturated rings. The summed E-state index contributed by atoms with van der Waals surface area (Å²) in [4.78, 5) is 15.1. The number of aromatic nitrogens is 2. The second-order valence-electron chi connectivity index (χ2n) is 8.22. The fourth-order valence-corrected chi connectivity index (χ4v) is 4.07. The fourth-order valence-electron chi connectivity index (χ4n) is 4.07. The van der Waals surface area contributed by atoms with Crippen molar-refractivity contribution >= 4 is 5.91 Å². The molecule has 1 amide bonds. The van der Waals surface area contributed by atoms with Crippen LogP contribution < -0.4 is 5.32 Å². The van der Waals surface area contributed by atoms with Crippen LogP contribution in [-0.4, -0.2) is 33.7 Å². The third-order valence-electron chi connectivity index (χ3n) is 5.71. The molecule has 1 N–H and O–H groups in total. The molecule has 0 saturated carbocycles. The Hall–Kier alpha value is -2.92. The summed E-state index contributed by atoms with van der Waals surface area (Å²) in [5, 5.41) is 7.51. The van der Waals surface area contributed by atoms with Crippen LogP contribution in [0.15, 0.2) is 54.6 Å². The van der Waals surface area contributed by atoms with E-state index in [1.165, 1.54) is 37.9 Å². The second-order valence-corrected chi connectivity index (χ2v) is 8.22. The molecule has 0 aliphatic carbocycles. The van der Waals surface area contributed by atoms with Gasteiger partial charge in [-0.3, -0.25) is 9.69 Å². The minimum Gasteiger partial charge on any atom is -0.348 e. The molecular formula is C25H30N4O. The Morgan fingerprint density at radius 1 is 0.933 bits per heavy atom. The molecule has 0 unspecified atom stereocenters. The number of aryl methyl sites for hydroxylation is 2. The summed E-state index contributed by atoms with van der Waals surface area (Å²) in [5.74, 6) is -0.0627. The van der Waals surface area contributed by atoms with Crippen LogP contribution in [0.25, 0.3) is 5.69 Å². The van der Waals surface area contributed by atoms with Crippen molar-refractivity contribution in [1.29, 1.82) is 0 Å². The van der Waals surface area contributed by atoms with Crippen molar-refractivity contribution in [3.63, 3.8) is 0 Å². The third-order valence-corrected chi connectivity index (χ3v) is 5.71. The number of amides is 1. The highest BCUT2D eigenvalue weighted by atomic mass is 16.1. The Balaban J connectivity index is 1.31. The smallest absolute Gasteiger partial charge is 0.251 e. The lowest BCUT2D eigenvalue weighted by atomic mass is 10.1. The lowest BCUT2D eigenvalue weighted by Crippen LogP contribution is -2.29. The highest BCUT2D eigenvalue weighted by molar-refractivity contribution is 5.94. The summed E-state index contributed by atoms with van der Waals surface area (Å²) in [6.45, 7) is 7.96. The Labute approximate surface area is 178 Å². The minimum absolute atomic E-state index is 0.0627. The van der Waals surface area contributed by atoms with Crippen molar-refractivity contribution in [3.8, 4) is 5.69 Å². The molecule has 0 bridgehead atoms. The number of nitrogens with zero attached hydrogens (tertiary/aromatic N) is 3. The maximum Gasteiger partial charge on any atom is 0.251 e. The molecule has 2 heterocycles. The van der Waals surface area contributed by atoms with Gasteiger partial charge >= 0.3 is 0 Å². The van der Waals surface area contributed by atoms with E-state index in [0.717, 1.165) is 29.2 Å². The largest absolute Gasteiger partial charge is 0.348 e. The van der Waals surface area contributed by atoms with Gasteiger partial charge in [0.15, 0.2) is 0 Å². The molecule has 0 spiro atoms. The number of carbonyl (C=O) groups is 1. The van der Waals surface area contributed by atoms with Gasteiger partial charge in [0.25, 0.3) is 5.91 Å². The molecule has 156 valence electrons. The second kappa shape index (κ2) is 9.26. The number of benzene rings is 2. The van der Waals surface area contributed by atoms with Crippen LogP contribution in [0.5, 0.6) is 0 Å². The summed E-state index contributed by atoms with van der Waals surface area (Å²) in [7, 11) is 0. The molecule has 30 heavy (non-hydrogen) atoms. The molecule has 2 aromatic carbocycles. The van der Waals surface area contributed by atoms with E-state index in [0.29, 0.717) is 12.1 Å². The quantitative estimate of drug-likeness (QED) is 0.665. The van der Waals surface area contributed by atoms with Crippen molar-refractivity contribution in [2.45, 2.75) is 46.2 Å². The Morgan fingerprint density at radius 2 is 1.60 bits per heavy atom. The Kier molecular flexibility index (Phi) is 6.29. The van der Waals surface area contributed by atoms with Gasteiger partial charge in [-0.25, -0.2) is 4.68 Å². The molecular weight excluding hydrogens is 372 g/mol. The molecule has 1 aliphatic rings. The van der Waals surface area contributed by atoms with E-state index in [-0.39, 0.29) is 5.91 Å². The molecule has 3 aromatic rings. The maximum absolute atomic E-state index is 12.5. The van der Waals surface area contributed by atoms with Crippen LogP contribution in [0.3, 0.4) is 0 Å². The first-order chi connectivity index (χ1) is 14.6. The van der Waals surface area contributed by atoms with Crippen molar-refractivity contribution in [2.24, 2.45) is 0 Å². The van der Waals surface area contributed by atoms with E-state index in [9.17, 15) is 4.79 Å². The van der Waals surface area contributed by atoms with Crippen LogP contribution in [-0.2, 0) is 13.1 Å². The van der Waals surface area contributed by atoms with E-state index < -0.39 is 0 Å². The Morgan fingerprint density at radius 3 is 2.23 bits per heavy atom. The molecule has 5 heteroatoms. The highest BCUT2D eigenvalue weighted by Gasteiger charge is 2.11. The lowest BCUT2D eigenvalue weighted by molar-refractivity contribution is 0.0951. The lowest BCUT2D eigenvalue weighted by Gasteiger charge is -2.26. The number of likely N-dealkylation sites (tertiary alicyclic amines) is 1. The summed E-state index contributed by atoms with van der Waals surface area (Å²) in [5.41, 5.74) is 6.13. The maximum atomic E-state index is 12.5. The first-order valence-electron chi connectivity index (χ1n) is 10.8. The van der Waals surface area contributed by atoms with E-state index in [1.807, 2.05) is 48.9 Å². The molecule has 1 aromatic heterocycles. The molecule has 4 rings (SSSR count). The predicted molar refractivity (Wildman–Crippen MR) is 120 cm³/mol. The summed E-state index contributed by atoms with van der Waals surface area (Å²) >= 11 is 0. The zero-order chi connectivity index (χ0) is 20.9. The molecule has 5 nitrogen and oxygen atoms in total. The average molecular weight is 403 g/mol. The van der Waals surface area contributed by atoms with Gasteiger partial charge in [0.2, 0.25) is 0 Å². The van der Waals surface area contributed by atoms with Crippen molar-refractivity contribution < 1.29 is 4.79 Å². The number of hydrogen-bond acceptors (Lipinski definition) is 3. The average Bonchev–Trinajstić information content (AvgIpc) is 3.12. The fraction of sp³-hybridized carbons (Fsp3) is 0.360. The van der Waals surface area contributed by atoms with E-state index in [2.05, 4.69) is 39.6 Å². The summed E-state index contributed by atoms with van der Waals surface area (Å²) in [6.07, 6.45) is 3.99. The molecule has 0 atom stereocenters. The predicted octanol–water partition coefficient (Wildman–Crippen LogP) is 4.41. The third kappa shape index (κ3) is 4.97. The number of hydrogen-bond donors (Lipinski definition) is 1. The number of nitrogens with one attached hydrogen (secondary N) is 1. The number of rotatable bonds is 6. The van der Waals surface area contributed by atoms with Crippen LogP contribution in [0, 0.1) is 13.8 Å². The normalized spacial score (nSPS) is 14.6. The first-order valence-corrected chi connectivity index (χ1v) is 10.8. The van der Waals surface area contributed by atoms with Gasteiger partial charge < -0.3 is 5.32 Å². The van der Waals surface area contributed by atoms with Gasteiger partial charge in [-0.1, -0.05) is 30.7 Å². The van der Waals surface area contributed by atoms with Crippen molar-refractivity contribution in [2.75, 3.05) is 13.1 Å². The summed E-state index contributed by atoms with van der Waals surface area (Å²) < 4.78 is 1.89. The van der Waals surface area contributed by atoms with Crippen molar-refractivity contribution in [3.05, 3.63) is 82.7 Å². The van der Waals surface area contributed by atoms with Gasteiger partial charge in [0.1, 0.15) is 0 Å². The van der Waals surface area contributed by atoms with Crippen LogP contribution in [0.1, 0.15) is 52.1 Å². The van der Waals surface area contributed by atoms with E-state index in [4.69, 9.17) is 0 Å². The van der Waals surface area contributed by atoms with Gasteiger partial charge in [0.05, 0.1) is 11.4 Å². The Bertz CT molecular complexity index is 983. The standard InChI is InChI=1S/C25H30N4O/c1-19-16-20(2)29(27-19)24-12-10-23(11-13-24)25(30)26-17-21-6-8-22(9-7-21)18-28-14-4-3-5-15-28/h6-13,16H,3-5,14-15,17-18H2,1-2H3,(H,26,30). The minimum atomic E-state index is -0.0627. The molecule has 1 aliphatic heterocycles. The first kappa shape index (κ1) is 20.4. The highest BCUT2D eigenvalue weighted by Crippen LogP contribution is 2.15. The topological polar surface area (TPSA) is 50.2 Å². The van der Waals surface area contributed by atoms with E-state index >= 15 is 0 Å². The number of carbonyl (C=O) groups excluding carboxylic acids is 1. The monoisotopic (exact) mass is 402 g/mol. The van der Waals surface area contributed by atoms with Crippen LogP contribution >= 0.6 is 0 Å². The molecule has 1 saturated heterocycles. The SMILES string of the molecule is Cc1cc(C)n(-c2ccc(C(=O)NCc3ccc(CN4CCCCC4)cc3)cc2)n1. The van der Waals surface area contributed by atoms with Gasteiger partial charge in [-0.05, 0) is 81.2 Å². The zero-order valence-corrected chi connectivity index (χ0v) is 17.9. The van der Waals surface area contributed by atoms with Gasteiger partial charge in [0, 0.05) is 24.3 Å². The van der Waals surface area contributed by atoms with Crippen LogP contribution in [0.4, 0.5) is 0 Å². The zero-order valence-electron chi connectivity index (χ0n) is 17.9. The van der Waals surface area contributed by atoms with E-state index in [1.54, 1.807) is 0 Å². The number of piperidine rings is 1. The van der Waals surface area contributed by atoms with Crippen molar-refractivity contribution in [1.82, 2.24) is 20.0 Å². The van der Waals surface area contributed by atoms with Gasteiger partial charge in [-0.2, -0.15) is 5.10 Å².